The van der Waals surface area contributed by atoms with Crippen molar-refractivity contribution in [3.05, 3.63) is 95.3 Å². The van der Waals surface area contributed by atoms with Gasteiger partial charge in [0.05, 0.1) is 17.4 Å². The summed E-state index contributed by atoms with van der Waals surface area (Å²) in [6, 6.07) is 20.9. The van der Waals surface area contributed by atoms with Gasteiger partial charge in [0.15, 0.2) is 0 Å². The van der Waals surface area contributed by atoms with Crippen molar-refractivity contribution in [2.45, 2.75) is 32.7 Å². The molecule has 4 rings (SSSR count). The first-order valence-corrected chi connectivity index (χ1v) is 10.7. The van der Waals surface area contributed by atoms with E-state index in [0.29, 0.717) is 12.1 Å². The normalized spacial score (nSPS) is 14.5. The van der Waals surface area contributed by atoms with Gasteiger partial charge in [-0.25, -0.2) is 0 Å². The number of aromatic nitrogens is 1. The van der Waals surface area contributed by atoms with Crippen LogP contribution in [-0.4, -0.2) is 24.0 Å². The molecule has 1 aromatic heterocycles. The molecule has 0 unspecified atom stereocenters. The van der Waals surface area contributed by atoms with E-state index in [0.717, 1.165) is 36.7 Å². The second-order valence-electron chi connectivity index (χ2n) is 8.22. The maximum atomic E-state index is 12.6. The molecular formula is C26H29N3O. The molecule has 0 bridgehead atoms. The molecule has 0 spiro atoms. The predicted octanol–water partition coefficient (Wildman–Crippen LogP) is 4.78. The molecule has 30 heavy (non-hydrogen) atoms. The summed E-state index contributed by atoms with van der Waals surface area (Å²) >= 11 is 0. The lowest BCUT2D eigenvalue weighted by Gasteiger charge is -2.33. The maximum absolute atomic E-state index is 12.6. The minimum Gasteiger partial charge on any atom is -0.370 e. The van der Waals surface area contributed by atoms with Crippen LogP contribution in [0, 0.1) is 12.8 Å². The second kappa shape index (κ2) is 9.57. The maximum Gasteiger partial charge on any atom is 0.253 e. The number of anilines is 1. The minimum atomic E-state index is -0.0789. The lowest BCUT2D eigenvalue weighted by Crippen LogP contribution is -2.34. The summed E-state index contributed by atoms with van der Waals surface area (Å²) in [7, 11) is 0. The monoisotopic (exact) mass is 399 g/mol. The molecule has 1 aliphatic rings. The van der Waals surface area contributed by atoms with Crippen LogP contribution in [0.5, 0.6) is 0 Å². The van der Waals surface area contributed by atoms with Gasteiger partial charge in [0.25, 0.3) is 5.91 Å². The summed E-state index contributed by atoms with van der Waals surface area (Å²) in [5, 5.41) is 3.01. The van der Waals surface area contributed by atoms with E-state index in [2.05, 4.69) is 64.6 Å². The van der Waals surface area contributed by atoms with Crippen LogP contribution in [-0.2, 0) is 13.0 Å². The highest BCUT2D eigenvalue weighted by Crippen LogP contribution is 2.26. The summed E-state index contributed by atoms with van der Waals surface area (Å²) in [4.78, 5) is 19.3. The fourth-order valence-corrected chi connectivity index (χ4v) is 4.17. The molecule has 0 aliphatic carbocycles. The van der Waals surface area contributed by atoms with Crippen molar-refractivity contribution in [1.29, 1.82) is 0 Å². The number of carbonyl (C=O) groups excluding carboxylic acids is 1. The Morgan fingerprint density at radius 2 is 1.77 bits per heavy atom. The summed E-state index contributed by atoms with van der Waals surface area (Å²) in [6.45, 7) is 4.60. The number of carbonyl (C=O) groups is 1. The Kier molecular flexibility index (Phi) is 6.43. The highest BCUT2D eigenvalue weighted by atomic mass is 16.1. The zero-order valence-corrected chi connectivity index (χ0v) is 17.6. The molecule has 154 valence electrons. The number of rotatable bonds is 6. The van der Waals surface area contributed by atoms with Crippen LogP contribution in [0.1, 0.15) is 39.9 Å². The molecule has 2 aromatic carbocycles. The predicted molar refractivity (Wildman–Crippen MR) is 122 cm³/mol. The summed E-state index contributed by atoms with van der Waals surface area (Å²) in [5.41, 5.74) is 5.38. The second-order valence-corrected chi connectivity index (χ2v) is 8.22. The molecule has 1 saturated heterocycles. The van der Waals surface area contributed by atoms with Gasteiger partial charge in [0.2, 0.25) is 0 Å². The summed E-state index contributed by atoms with van der Waals surface area (Å²) < 4.78 is 0. The number of nitrogens with one attached hydrogen (secondary N) is 1. The molecular weight excluding hydrogens is 370 g/mol. The van der Waals surface area contributed by atoms with Gasteiger partial charge in [-0.2, -0.15) is 0 Å². The van der Waals surface area contributed by atoms with Crippen LogP contribution >= 0.6 is 0 Å². The Morgan fingerprint density at radius 3 is 2.53 bits per heavy atom. The lowest BCUT2D eigenvalue weighted by molar-refractivity contribution is 0.0950. The molecule has 3 aromatic rings. The van der Waals surface area contributed by atoms with Crippen molar-refractivity contribution in [3.63, 3.8) is 0 Å². The van der Waals surface area contributed by atoms with E-state index < -0.39 is 0 Å². The van der Waals surface area contributed by atoms with Gasteiger partial charge >= 0.3 is 0 Å². The average Bonchev–Trinajstić information content (AvgIpc) is 2.79. The van der Waals surface area contributed by atoms with E-state index >= 15 is 0 Å². The van der Waals surface area contributed by atoms with Gasteiger partial charge in [0, 0.05) is 25.8 Å². The molecule has 4 nitrogen and oxygen atoms in total. The van der Waals surface area contributed by atoms with Crippen LogP contribution in [0.2, 0.25) is 0 Å². The van der Waals surface area contributed by atoms with Gasteiger partial charge in [-0.05, 0) is 49.3 Å². The van der Waals surface area contributed by atoms with Gasteiger partial charge in [-0.15, -0.1) is 0 Å². The number of aryl methyl sites for hydroxylation is 1. The van der Waals surface area contributed by atoms with Crippen LogP contribution in [0.3, 0.4) is 0 Å². The van der Waals surface area contributed by atoms with E-state index in [-0.39, 0.29) is 5.91 Å². The number of amides is 1. The molecule has 1 aliphatic heterocycles. The highest BCUT2D eigenvalue weighted by Gasteiger charge is 2.20. The van der Waals surface area contributed by atoms with Gasteiger partial charge in [-0.1, -0.05) is 60.2 Å². The third kappa shape index (κ3) is 5.26. The zero-order chi connectivity index (χ0) is 20.8. The SMILES string of the molecule is Cc1cccc(CNC(=O)c2cncc(N3CCC(Cc4ccccc4)CC3)c2)c1. The molecule has 1 fully saturated rings. The van der Waals surface area contributed by atoms with E-state index in [1.54, 1.807) is 6.20 Å². The fraction of sp³-hybridized carbons (Fsp3) is 0.308. The zero-order valence-electron chi connectivity index (χ0n) is 17.6. The largest absolute Gasteiger partial charge is 0.370 e. The molecule has 0 atom stereocenters. The van der Waals surface area contributed by atoms with E-state index in [4.69, 9.17) is 0 Å². The molecule has 1 N–H and O–H groups in total. The standard InChI is InChI=1S/C26H29N3O/c1-20-6-5-9-23(14-20)17-28-26(30)24-16-25(19-27-18-24)29-12-10-22(11-13-29)15-21-7-3-2-4-8-21/h2-9,14,16,18-19,22H,10-13,15,17H2,1H3,(H,28,30). The van der Waals surface area contributed by atoms with Crippen LogP contribution in [0.15, 0.2) is 73.1 Å². The molecule has 1 amide bonds. The molecule has 0 radical (unpaired) electrons. The first kappa shape index (κ1) is 20.1. The number of hydrogen-bond acceptors (Lipinski definition) is 3. The number of benzene rings is 2. The van der Waals surface area contributed by atoms with Gasteiger partial charge < -0.3 is 10.2 Å². The van der Waals surface area contributed by atoms with Gasteiger partial charge in [0.1, 0.15) is 0 Å². The highest BCUT2D eigenvalue weighted by molar-refractivity contribution is 5.94. The van der Waals surface area contributed by atoms with Crippen LogP contribution < -0.4 is 10.2 Å². The van der Waals surface area contributed by atoms with Crippen molar-refractivity contribution >= 4 is 11.6 Å². The van der Waals surface area contributed by atoms with Crippen LogP contribution in [0.25, 0.3) is 0 Å². The molecule has 0 saturated carbocycles. The number of hydrogen-bond donors (Lipinski definition) is 1. The minimum absolute atomic E-state index is 0.0789. The van der Waals surface area contributed by atoms with Gasteiger partial charge in [-0.3, -0.25) is 9.78 Å². The quantitative estimate of drug-likeness (QED) is 0.649. The average molecular weight is 400 g/mol. The van der Waals surface area contributed by atoms with E-state index in [1.165, 1.54) is 24.0 Å². The van der Waals surface area contributed by atoms with Crippen molar-refractivity contribution in [3.8, 4) is 0 Å². The van der Waals surface area contributed by atoms with Crippen molar-refractivity contribution in [1.82, 2.24) is 10.3 Å². The number of piperidine rings is 1. The van der Waals surface area contributed by atoms with Crippen molar-refractivity contribution in [2.24, 2.45) is 5.92 Å². The molecule has 4 heteroatoms. The lowest BCUT2D eigenvalue weighted by atomic mass is 9.90. The first-order valence-electron chi connectivity index (χ1n) is 10.7. The number of pyridine rings is 1. The van der Waals surface area contributed by atoms with Crippen molar-refractivity contribution < 1.29 is 4.79 Å². The fourth-order valence-electron chi connectivity index (χ4n) is 4.17. The van der Waals surface area contributed by atoms with Crippen LogP contribution in [0.4, 0.5) is 5.69 Å². The Labute approximate surface area is 179 Å². The molecule has 2 heterocycles. The Hall–Kier alpha value is -3.14. The Balaban J connectivity index is 1.32. The summed E-state index contributed by atoms with van der Waals surface area (Å²) in [6.07, 6.45) is 7.00. The topological polar surface area (TPSA) is 45.2 Å². The van der Waals surface area contributed by atoms with Crippen molar-refractivity contribution in [2.75, 3.05) is 18.0 Å². The third-order valence-corrected chi connectivity index (χ3v) is 5.87. The van der Waals surface area contributed by atoms with E-state index in [1.807, 2.05) is 24.4 Å². The Bertz CT molecular complexity index is 978. The smallest absolute Gasteiger partial charge is 0.253 e. The van der Waals surface area contributed by atoms with E-state index in [9.17, 15) is 4.79 Å². The Morgan fingerprint density at radius 1 is 1.00 bits per heavy atom. The summed E-state index contributed by atoms with van der Waals surface area (Å²) in [5.74, 6) is 0.641. The third-order valence-electron chi connectivity index (χ3n) is 5.87. The number of nitrogens with zero attached hydrogens (tertiary/aromatic N) is 2. The first-order chi connectivity index (χ1) is 14.7.